The summed E-state index contributed by atoms with van der Waals surface area (Å²) in [6.45, 7) is 1.49. The van der Waals surface area contributed by atoms with Crippen LogP contribution in [0.3, 0.4) is 0 Å². The van der Waals surface area contributed by atoms with E-state index < -0.39 is 12.0 Å². The molecule has 1 atom stereocenters. The summed E-state index contributed by atoms with van der Waals surface area (Å²) >= 11 is 0. The lowest BCUT2D eigenvalue weighted by molar-refractivity contribution is 0.101. The highest BCUT2D eigenvalue weighted by Gasteiger charge is 2.28. The van der Waals surface area contributed by atoms with Gasteiger partial charge in [0.2, 0.25) is 0 Å². The molecular formula is C50H44N12O4. The molecule has 0 spiro atoms. The Hall–Kier alpha value is -8.01. The first kappa shape index (κ1) is 39.6. The zero-order valence-electron chi connectivity index (χ0n) is 35.9. The van der Waals surface area contributed by atoms with E-state index in [-0.39, 0.29) is 11.7 Å². The van der Waals surface area contributed by atoms with Gasteiger partial charge in [0.15, 0.2) is 11.6 Å². The Morgan fingerprint density at radius 1 is 0.636 bits per heavy atom. The molecule has 4 bridgehead atoms. The molecule has 2 N–H and O–H groups in total. The van der Waals surface area contributed by atoms with Gasteiger partial charge in [-0.15, -0.1) is 20.4 Å². The predicted molar refractivity (Wildman–Crippen MR) is 245 cm³/mol. The fraction of sp³-hybridized carbons (Fsp3) is 0.260. The van der Waals surface area contributed by atoms with Gasteiger partial charge in [0.1, 0.15) is 41.8 Å². The average Bonchev–Trinajstić information content (AvgIpc) is 4.22. The molecule has 16 nitrogen and oxygen atoms in total. The van der Waals surface area contributed by atoms with Crippen molar-refractivity contribution in [3.8, 4) is 51.2 Å². The first-order chi connectivity index (χ1) is 32.5. The van der Waals surface area contributed by atoms with Gasteiger partial charge in [0.25, 0.3) is 11.8 Å². The van der Waals surface area contributed by atoms with Crippen molar-refractivity contribution in [1.29, 1.82) is 0 Å². The molecule has 8 aromatic rings. The highest BCUT2D eigenvalue weighted by atomic mass is 16.5. The highest BCUT2D eigenvalue weighted by molar-refractivity contribution is 6.07. The second-order valence-electron chi connectivity index (χ2n) is 17.4. The molecule has 2 saturated carbocycles. The Kier molecular flexibility index (Phi) is 9.91. The van der Waals surface area contributed by atoms with Gasteiger partial charge < -0.3 is 33.8 Å². The van der Waals surface area contributed by atoms with Gasteiger partial charge in [-0.2, -0.15) is 0 Å². The van der Waals surface area contributed by atoms with E-state index >= 15 is 0 Å². The molecule has 0 radical (unpaired) electrons. The Bertz CT molecular complexity index is 3150. The third-order valence-corrected chi connectivity index (χ3v) is 12.7. The predicted octanol–water partition coefficient (Wildman–Crippen LogP) is 8.80. The maximum absolute atomic E-state index is 14.6. The number of nitrogens with one attached hydrogen (secondary N) is 2. The van der Waals surface area contributed by atoms with Crippen LogP contribution in [0.2, 0.25) is 0 Å². The molecule has 3 aromatic carbocycles. The fourth-order valence-electron chi connectivity index (χ4n) is 8.80. The number of rotatable bonds is 5. The zero-order chi connectivity index (χ0) is 44.1. The van der Waals surface area contributed by atoms with Gasteiger partial charge >= 0.3 is 0 Å². The number of hydrogen-bond donors (Lipinski definition) is 2. The first-order valence-corrected chi connectivity index (χ1v) is 22.5. The lowest BCUT2D eigenvalue weighted by Gasteiger charge is -2.23. The maximum Gasteiger partial charge on any atom is 0.260 e. The van der Waals surface area contributed by atoms with Gasteiger partial charge in [0.05, 0.1) is 29.8 Å². The van der Waals surface area contributed by atoms with E-state index in [9.17, 15) is 9.59 Å². The second kappa shape index (κ2) is 16.5. The summed E-state index contributed by atoms with van der Waals surface area (Å²) in [5.74, 6) is 2.57. The van der Waals surface area contributed by atoms with Gasteiger partial charge in [-0.25, -0.2) is 9.97 Å². The molecule has 12 rings (SSSR count). The summed E-state index contributed by atoms with van der Waals surface area (Å²) in [6, 6.07) is 26.7. The lowest BCUT2D eigenvalue weighted by atomic mass is 10.0. The summed E-state index contributed by atoms with van der Waals surface area (Å²) in [6.07, 6.45) is 14.9. The first-order valence-electron chi connectivity index (χ1n) is 22.5. The second-order valence-corrected chi connectivity index (χ2v) is 17.4. The van der Waals surface area contributed by atoms with Crippen LogP contribution in [0.15, 0.2) is 116 Å². The van der Waals surface area contributed by atoms with Crippen molar-refractivity contribution in [2.45, 2.75) is 76.0 Å². The van der Waals surface area contributed by atoms with Crippen molar-refractivity contribution in [2.24, 2.45) is 0 Å². The molecule has 7 heterocycles. The van der Waals surface area contributed by atoms with Gasteiger partial charge in [-0.3, -0.25) is 14.6 Å². The molecule has 66 heavy (non-hydrogen) atoms. The third kappa shape index (κ3) is 7.94. The topological polar surface area (TPSA) is 182 Å². The number of benzene rings is 3. The number of amides is 2. The molecule has 5 aromatic heterocycles. The van der Waals surface area contributed by atoms with Crippen molar-refractivity contribution in [1.82, 2.24) is 49.0 Å². The third-order valence-electron chi connectivity index (χ3n) is 12.7. The van der Waals surface area contributed by atoms with Gasteiger partial charge in [-0.1, -0.05) is 24.3 Å². The van der Waals surface area contributed by atoms with E-state index in [0.29, 0.717) is 89.2 Å². The molecule has 2 aliphatic heterocycles. The van der Waals surface area contributed by atoms with E-state index in [1.54, 1.807) is 19.0 Å². The fourth-order valence-corrected chi connectivity index (χ4v) is 8.80. The SMILES string of the molecule is O=C1Nc2cc(C3CCn4cnnc4-c4cccc(c4)NC(=O)c4cc(-c5ccc(C6CC6)nc5)ccc4O3)cc(n2)-c2nncn2CCCCOc2ccc(-n3cnc(C4CC4)c3)cc21. The van der Waals surface area contributed by atoms with E-state index in [1.807, 2.05) is 98.9 Å². The smallest absolute Gasteiger partial charge is 0.260 e. The number of aryl methyl sites for hydroxylation is 2. The molecule has 2 fully saturated rings. The number of carbonyl (C=O) groups excluding carboxylic acids is 2. The Balaban J connectivity index is 0.959. The number of anilines is 2. The Morgan fingerprint density at radius 3 is 2.27 bits per heavy atom. The molecule has 4 aliphatic rings. The number of aromatic nitrogens is 10. The minimum absolute atomic E-state index is 0.275. The van der Waals surface area contributed by atoms with Crippen LogP contribution >= 0.6 is 0 Å². The van der Waals surface area contributed by atoms with Crippen LogP contribution in [-0.4, -0.2) is 67.5 Å². The minimum Gasteiger partial charge on any atom is -0.493 e. The highest BCUT2D eigenvalue weighted by Crippen LogP contribution is 2.41. The van der Waals surface area contributed by atoms with Crippen molar-refractivity contribution < 1.29 is 19.1 Å². The van der Waals surface area contributed by atoms with E-state index in [0.717, 1.165) is 72.3 Å². The molecular weight excluding hydrogens is 833 g/mol. The zero-order valence-corrected chi connectivity index (χ0v) is 35.9. The quantitative estimate of drug-likeness (QED) is 0.169. The number of carbonyl (C=O) groups is 2. The van der Waals surface area contributed by atoms with Crippen molar-refractivity contribution >= 4 is 23.3 Å². The normalized spacial score (nSPS) is 17.4. The lowest BCUT2D eigenvalue weighted by Crippen LogP contribution is -2.19. The van der Waals surface area contributed by atoms with Crippen molar-refractivity contribution in [3.05, 3.63) is 144 Å². The van der Waals surface area contributed by atoms with Crippen LogP contribution in [-0.2, 0) is 13.1 Å². The van der Waals surface area contributed by atoms with Crippen molar-refractivity contribution in [2.75, 3.05) is 17.2 Å². The van der Waals surface area contributed by atoms with Crippen LogP contribution in [0.5, 0.6) is 11.5 Å². The molecule has 2 aliphatic carbocycles. The largest absolute Gasteiger partial charge is 0.493 e. The van der Waals surface area contributed by atoms with Crippen LogP contribution in [0.25, 0.3) is 39.7 Å². The number of pyridine rings is 2. The van der Waals surface area contributed by atoms with Crippen molar-refractivity contribution in [3.63, 3.8) is 0 Å². The maximum atomic E-state index is 14.6. The Morgan fingerprint density at radius 2 is 1.42 bits per heavy atom. The van der Waals surface area contributed by atoms with Crippen LogP contribution < -0.4 is 20.1 Å². The van der Waals surface area contributed by atoms with Gasteiger partial charge in [0, 0.05) is 71.9 Å². The summed E-state index contributed by atoms with van der Waals surface area (Å²) in [7, 11) is 0. The molecule has 2 amide bonds. The van der Waals surface area contributed by atoms with E-state index in [2.05, 4.69) is 48.1 Å². The summed E-state index contributed by atoms with van der Waals surface area (Å²) in [5.41, 5.74) is 7.94. The van der Waals surface area contributed by atoms with E-state index in [4.69, 9.17) is 19.4 Å². The number of fused-ring (bicyclic) bond motifs is 10. The summed E-state index contributed by atoms with van der Waals surface area (Å²) in [4.78, 5) is 43.4. The van der Waals surface area contributed by atoms with Crippen LogP contribution in [0, 0.1) is 0 Å². The number of hydrogen-bond acceptors (Lipinski definition) is 11. The van der Waals surface area contributed by atoms with E-state index in [1.165, 1.54) is 0 Å². The molecule has 0 saturated heterocycles. The molecule has 16 heteroatoms. The van der Waals surface area contributed by atoms with Crippen LogP contribution in [0.1, 0.15) is 101 Å². The van der Waals surface area contributed by atoms with Crippen LogP contribution in [0.4, 0.5) is 11.5 Å². The Labute approximate surface area is 379 Å². The number of nitrogens with zero attached hydrogens (tertiary/aromatic N) is 10. The molecule has 1 unspecified atom stereocenters. The summed E-state index contributed by atoms with van der Waals surface area (Å²) < 4.78 is 19.2. The standard InChI is InChI=1S/C50H44N12O4/c63-49-38-21-32(34-10-13-40(51-25-34)30-6-7-30)11-14-45(38)66-43(16-18-61-29-53-58-47(61)33-4-3-5-36(20-33)55-49)35-22-41-48-59-54-28-60(48)17-1-2-19-65-44-15-12-37(62-26-42(52-27-62)31-8-9-31)24-39(44)50(64)57-46(23-35)56-41/h3-5,10-15,20-31,43H,1-2,6-9,16-19H2,(H,55,63)(H,56,57,64). The minimum atomic E-state index is -0.683. The number of imidazole rings is 1. The molecule has 328 valence electrons. The summed E-state index contributed by atoms with van der Waals surface area (Å²) in [5, 5.41) is 23.7. The van der Waals surface area contributed by atoms with Gasteiger partial charge in [-0.05, 0) is 110 Å². The monoisotopic (exact) mass is 876 g/mol. The average molecular weight is 877 g/mol. The number of ether oxygens (including phenoxy) is 2.